The van der Waals surface area contributed by atoms with Crippen molar-refractivity contribution in [3.05, 3.63) is 70.1 Å². The summed E-state index contributed by atoms with van der Waals surface area (Å²) in [6, 6.07) is 15.1. The van der Waals surface area contributed by atoms with E-state index in [1.807, 2.05) is 30.5 Å². The minimum absolute atomic E-state index is 0.249. The molecule has 0 fully saturated rings. The molecule has 1 aromatic heterocycles. The third-order valence-electron chi connectivity index (χ3n) is 3.28. The third-order valence-corrected chi connectivity index (χ3v) is 4.28. The molecular formula is C17H14ClN3OS. The Labute approximate surface area is 142 Å². The maximum Gasteiger partial charge on any atom is 0.291 e. The van der Waals surface area contributed by atoms with Gasteiger partial charge >= 0.3 is 0 Å². The lowest BCUT2D eigenvalue weighted by atomic mass is 10.2. The summed E-state index contributed by atoms with van der Waals surface area (Å²) in [4.78, 5) is 20.3. The number of H-pyrrole nitrogens is 1. The lowest BCUT2D eigenvalue weighted by molar-refractivity contribution is 1.14. The van der Waals surface area contributed by atoms with Crippen LogP contribution in [0.2, 0.25) is 5.02 Å². The van der Waals surface area contributed by atoms with Gasteiger partial charge in [-0.1, -0.05) is 23.7 Å². The van der Waals surface area contributed by atoms with Gasteiger partial charge in [-0.3, -0.25) is 4.79 Å². The molecule has 0 saturated carbocycles. The lowest BCUT2D eigenvalue weighted by Gasteiger charge is -2.07. The summed E-state index contributed by atoms with van der Waals surface area (Å²) in [5, 5.41) is 3.65. The monoisotopic (exact) mass is 343 g/mol. The first-order chi connectivity index (χ1) is 11.2. The molecule has 1 heterocycles. The first-order valence-corrected chi connectivity index (χ1v) is 8.53. The zero-order chi connectivity index (χ0) is 16.2. The second-order valence-corrected chi connectivity index (χ2v) is 6.14. The molecular weight excluding hydrogens is 330 g/mol. The highest BCUT2D eigenvalue weighted by molar-refractivity contribution is 7.98. The van der Waals surface area contributed by atoms with E-state index in [4.69, 9.17) is 11.6 Å². The highest BCUT2D eigenvalue weighted by atomic mass is 35.5. The number of halogens is 1. The molecule has 0 aliphatic rings. The van der Waals surface area contributed by atoms with E-state index in [2.05, 4.69) is 15.3 Å². The number of nitrogens with one attached hydrogen (secondary N) is 2. The largest absolute Gasteiger partial charge is 0.336 e. The summed E-state index contributed by atoms with van der Waals surface area (Å²) in [6.45, 7) is 0. The van der Waals surface area contributed by atoms with Gasteiger partial charge in [0.05, 0.1) is 5.69 Å². The number of nitrogens with zero attached hydrogens (tertiary/aromatic N) is 1. The van der Waals surface area contributed by atoms with Crippen molar-refractivity contribution in [3.8, 4) is 11.3 Å². The van der Waals surface area contributed by atoms with Crippen molar-refractivity contribution < 1.29 is 0 Å². The molecule has 116 valence electrons. The summed E-state index contributed by atoms with van der Waals surface area (Å²) < 4.78 is 0. The molecule has 6 heteroatoms. The molecule has 2 aromatic carbocycles. The standard InChI is InChI=1S/C17H14ClN3OS/c1-23-14-8-2-11(3-9-14)15-10-19-17(22)16(21-15)20-13-6-4-12(18)5-7-13/h2-10H,1H3,(H,19,22)(H,20,21). The number of anilines is 2. The van der Waals surface area contributed by atoms with E-state index >= 15 is 0 Å². The summed E-state index contributed by atoms with van der Waals surface area (Å²) >= 11 is 7.54. The van der Waals surface area contributed by atoms with Crippen LogP contribution in [0, 0.1) is 0 Å². The first kappa shape index (κ1) is 15.6. The Bertz CT molecular complexity index is 860. The molecule has 0 atom stereocenters. The Morgan fingerprint density at radius 1 is 1.09 bits per heavy atom. The van der Waals surface area contributed by atoms with Gasteiger partial charge < -0.3 is 10.3 Å². The van der Waals surface area contributed by atoms with Crippen LogP contribution in [0.15, 0.2) is 64.4 Å². The van der Waals surface area contributed by atoms with Crippen molar-refractivity contribution in [1.29, 1.82) is 0 Å². The van der Waals surface area contributed by atoms with Gasteiger partial charge in [0, 0.05) is 27.4 Å². The molecule has 0 aliphatic carbocycles. The molecule has 3 rings (SSSR count). The molecule has 0 saturated heterocycles. The van der Waals surface area contributed by atoms with Crippen LogP contribution in [0.25, 0.3) is 11.3 Å². The SMILES string of the molecule is CSc1ccc(-c2c[nH]c(=O)c(Nc3ccc(Cl)cc3)n2)cc1. The smallest absolute Gasteiger partial charge is 0.291 e. The van der Waals surface area contributed by atoms with Crippen molar-refractivity contribution in [3.63, 3.8) is 0 Å². The number of rotatable bonds is 4. The van der Waals surface area contributed by atoms with Gasteiger partial charge in [0.1, 0.15) is 0 Å². The molecule has 4 nitrogen and oxygen atoms in total. The number of thioether (sulfide) groups is 1. The highest BCUT2D eigenvalue weighted by Crippen LogP contribution is 2.22. The van der Waals surface area contributed by atoms with Gasteiger partial charge in [-0.2, -0.15) is 0 Å². The van der Waals surface area contributed by atoms with E-state index < -0.39 is 0 Å². The van der Waals surface area contributed by atoms with Gasteiger partial charge in [0.2, 0.25) is 0 Å². The van der Waals surface area contributed by atoms with E-state index in [0.29, 0.717) is 10.7 Å². The number of hydrogen-bond donors (Lipinski definition) is 2. The fraction of sp³-hybridized carbons (Fsp3) is 0.0588. The topological polar surface area (TPSA) is 57.8 Å². The average molecular weight is 344 g/mol. The van der Waals surface area contributed by atoms with Crippen molar-refractivity contribution >= 4 is 34.9 Å². The Hall–Kier alpha value is -2.24. The molecule has 0 aliphatic heterocycles. The lowest BCUT2D eigenvalue weighted by Crippen LogP contribution is -2.13. The van der Waals surface area contributed by atoms with Crippen LogP contribution in [0.1, 0.15) is 0 Å². The Morgan fingerprint density at radius 3 is 2.43 bits per heavy atom. The molecule has 3 aromatic rings. The molecule has 0 unspecified atom stereocenters. The molecule has 2 N–H and O–H groups in total. The van der Waals surface area contributed by atoms with Crippen LogP contribution in [0.5, 0.6) is 0 Å². The van der Waals surface area contributed by atoms with Gasteiger partial charge in [0.25, 0.3) is 5.56 Å². The van der Waals surface area contributed by atoms with E-state index in [1.54, 1.807) is 42.2 Å². The summed E-state index contributed by atoms with van der Waals surface area (Å²) in [6.07, 6.45) is 3.64. The predicted molar refractivity (Wildman–Crippen MR) is 96.8 cm³/mol. The van der Waals surface area contributed by atoms with E-state index in [9.17, 15) is 4.79 Å². The van der Waals surface area contributed by atoms with Gasteiger partial charge in [0.15, 0.2) is 5.82 Å². The van der Waals surface area contributed by atoms with Crippen molar-refractivity contribution in [1.82, 2.24) is 9.97 Å². The fourth-order valence-corrected chi connectivity index (χ4v) is 2.60. The average Bonchev–Trinajstić information content (AvgIpc) is 2.59. The van der Waals surface area contributed by atoms with Crippen LogP contribution in [0.3, 0.4) is 0 Å². The summed E-state index contributed by atoms with van der Waals surface area (Å²) in [7, 11) is 0. The quantitative estimate of drug-likeness (QED) is 0.682. The van der Waals surface area contributed by atoms with Gasteiger partial charge in [-0.05, 0) is 42.7 Å². The number of hydrogen-bond acceptors (Lipinski definition) is 4. The highest BCUT2D eigenvalue weighted by Gasteiger charge is 2.06. The van der Waals surface area contributed by atoms with E-state index in [0.717, 1.165) is 11.3 Å². The zero-order valence-corrected chi connectivity index (χ0v) is 13.9. The van der Waals surface area contributed by atoms with Gasteiger partial charge in [-0.15, -0.1) is 11.8 Å². The van der Waals surface area contributed by atoms with Gasteiger partial charge in [-0.25, -0.2) is 4.98 Å². The second-order valence-electron chi connectivity index (χ2n) is 4.82. The fourth-order valence-electron chi connectivity index (χ4n) is 2.07. The van der Waals surface area contributed by atoms with E-state index in [-0.39, 0.29) is 11.4 Å². The second kappa shape index (κ2) is 6.89. The number of aromatic amines is 1. The predicted octanol–water partition coefficient (Wildman–Crippen LogP) is 4.56. The zero-order valence-electron chi connectivity index (χ0n) is 12.3. The molecule has 0 amide bonds. The Balaban J connectivity index is 1.91. The summed E-state index contributed by atoms with van der Waals surface area (Å²) in [5.41, 5.74) is 2.12. The maximum absolute atomic E-state index is 12.0. The minimum Gasteiger partial charge on any atom is -0.336 e. The van der Waals surface area contributed by atoms with Crippen LogP contribution in [0.4, 0.5) is 11.5 Å². The van der Waals surface area contributed by atoms with Crippen molar-refractivity contribution in [2.45, 2.75) is 4.90 Å². The van der Waals surface area contributed by atoms with Crippen LogP contribution >= 0.6 is 23.4 Å². The Morgan fingerprint density at radius 2 is 1.78 bits per heavy atom. The van der Waals surface area contributed by atoms with E-state index in [1.165, 1.54) is 4.90 Å². The normalized spacial score (nSPS) is 10.5. The van der Waals surface area contributed by atoms with Crippen LogP contribution < -0.4 is 10.9 Å². The molecule has 0 spiro atoms. The van der Waals surface area contributed by atoms with Crippen LogP contribution in [-0.2, 0) is 0 Å². The first-order valence-electron chi connectivity index (χ1n) is 6.92. The third kappa shape index (κ3) is 3.75. The van der Waals surface area contributed by atoms with Crippen molar-refractivity contribution in [2.24, 2.45) is 0 Å². The maximum atomic E-state index is 12.0. The Kier molecular flexibility index (Phi) is 4.69. The molecule has 23 heavy (non-hydrogen) atoms. The minimum atomic E-state index is -0.274. The van der Waals surface area contributed by atoms with Crippen molar-refractivity contribution in [2.75, 3.05) is 11.6 Å². The number of aromatic nitrogens is 2. The van der Waals surface area contributed by atoms with Crippen LogP contribution in [-0.4, -0.2) is 16.2 Å². The molecule has 0 radical (unpaired) electrons. The number of benzene rings is 2. The summed E-state index contributed by atoms with van der Waals surface area (Å²) in [5.74, 6) is 0.249. The molecule has 0 bridgehead atoms.